The van der Waals surface area contributed by atoms with E-state index in [0.717, 1.165) is 32.6 Å². The number of hydrogen-bond acceptors (Lipinski definition) is 3. The first-order valence-electron chi connectivity index (χ1n) is 6.35. The summed E-state index contributed by atoms with van der Waals surface area (Å²) in [5.74, 6) is 0. The average Bonchev–Trinajstić information content (AvgIpc) is 2.78. The molecule has 0 aliphatic carbocycles. The fraction of sp³-hybridized carbons (Fsp3) is 0.571. The lowest BCUT2D eigenvalue weighted by atomic mass is 10.1. The lowest BCUT2D eigenvalue weighted by molar-refractivity contribution is 0.0771. The Morgan fingerprint density at radius 3 is 3.12 bits per heavy atom. The summed E-state index contributed by atoms with van der Waals surface area (Å²) in [5.41, 5.74) is 1.43. The Labute approximate surface area is 108 Å². The maximum Gasteiger partial charge on any atom is 0.0623 e. The number of ether oxygens (including phenoxy) is 1. The number of morpholine rings is 1. The Bertz CT molecular complexity index is 377. The minimum atomic E-state index is 0.491. The second-order valence-corrected chi connectivity index (χ2v) is 5.78. The van der Waals surface area contributed by atoms with Crippen molar-refractivity contribution in [3.8, 4) is 0 Å². The van der Waals surface area contributed by atoms with E-state index in [0.29, 0.717) is 6.04 Å². The summed E-state index contributed by atoms with van der Waals surface area (Å²) in [6.07, 6.45) is 4.52. The molecule has 1 saturated heterocycles. The van der Waals surface area contributed by atoms with E-state index in [4.69, 9.17) is 4.74 Å². The van der Waals surface area contributed by atoms with E-state index in [1.54, 1.807) is 0 Å². The van der Waals surface area contributed by atoms with Crippen LogP contribution < -0.4 is 5.32 Å². The van der Waals surface area contributed by atoms with Crippen molar-refractivity contribution in [1.82, 2.24) is 5.32 Å². The highest BCUT2D eigenvalue weighted by Crippen LogP contribution is 2.21. The Kier molecular flexibility index (Phi) is 4.77. The Hall–Kier alpha value is -0.640. The first-order chi connectivity index (χ1) is 8.28. The number of thiophene rings is 1. The average molecular weight is 251 g/mol. The third-order valence-corrected chi connectivity index (χ3v) is 4.16. The molecular weight excluding hydrogens is 230 g/mol. The number of nitrogens with one attached hydrogen (secondary N) is 1. The maximum atomic E-state index is 5.47. The highest BCUT2D eigenvalue weighted by atomic mass is 32.1. The van der Waals surface area contributed by atoms with Crippen molar-refractivity contribution in [3.63, 3.8) is 0 Å². The number of hydrogen-bond donors (Lipinski definition) is 1. The first kappa shape index (κ1) is 12.8. The highest BCUT2D eigenvalue weighted by Gasteiger charge is 2.12. The summed E-state index contributed by atoms with van der Waals surface area (Å²) >= 11 is 1.90. The van der Waals surface area contributed by atoms with Gasteiger partial charge in [0.1, 0.15) is 0 Å². The molecule has 1 fully saturated rings. The van der Waals surface area contributed by atoms with Gasteiger partial charge in [0.2, 0.25) is 0 Å². The Balaban J connectivity index is 1.91. The molecule has 0 amide bonds. The highest BCUT2D eigenvalue weighted by molar-refractivity contribution is 7.12. The topological polar surface area (TPSA) is 21.3 Å². The molecule has 0 bridgehead atoms. The smallest absolute Gasteiger partial charge is 0.0623 e. The van der Waals surface area contributed by atoms with Gasteiger partial charge in [0.15, 0.2) is 0 Å². The van der Waals surface area contributed by atoms with Gasteiger partial charge < -0.3 is 10.1 Å². The molecule has 0 saturated carbocycles. The molecule has 0 radical (unpaired) electrons. The van der Waals surface area contributed by atoms with Crippen molar-refractivity contribution in [3.05, 3.63) is 27.5 Å². The van der Waals surface area contributed by atoms with Crippen LogP contribution >= 0.6 is 11.3 Å². The molecule has 1 aromatic heterocycles. The SMILES string of the molecule is CCc1ccc(/C=C(/C)CC2COCCN2)s1. The number of aryl methyl sites for hydroxylation is 1. The zero-order chi connectivity index (χ0) is 12.1. The van der Waals surface area contributed by atoms with Crippen LogP contribution in [0.3, 0.4) is 0 Å². The molecule has 3 heteroatoms. The van der Waals surface area contributed by atoms with E-state index >= 15 is 0 Å². The van der Waals surface area contributed by atoms with Crippen LogP contribution in [0.25, 0.3) is 6.08 Å². The normalized spacial score (nSPS) is 21.8. The van der Waals surface area contributed by atoms with Crippen LogP contribution in [0.2, 0.25) is 0 Å². The van der Waals surface area contributed by atoms with E-state index in [2.05, 4.69) is 37.4 Å². The minimum Gasteiger partial charge on any atom is -0.379 e. The molecule has 1 atom stereocenters. The number of rotatable bonds is 4. The summed E-state index contributed by atoms with van der Waals surface area (Å²) in [6.45, 7) is 7.09. The van der Waals surface area contributed by atoms with Crippen molar-refractivity contribution in [1.29, 1.82) is 0 Å². The monoisotopic (exact) mass is 251 g/mol. The van der Waals surface area contributed by atoms with Crippen molar-refractivity contribution in [2.75, 3.05) is 19.8 Å². The van der Waals surface area contributed by atoms with Gasteiger partial charge in [-0.2, -0.15) is 0 Å². The molecule has 1 aliphatic rings. The second-order valence-electron chi connectivity index (χ2n) is 4.58. The van der Waals surface area contributed by atoms with Crippen molar-refractivity contribution in [2.24, 2.45) is 0 Å². The van der Waals surface area contributed by atoms with Crippen LogP contribution in [0.4, 0.5) is 0 Å². The van der Waals surface area contributed by atoms with Gasteiger partial charge in [-0.05, 0) is 38.0 Å². The fourth-order valence-corrected chi connectivity index (χ4v) is 3.08. The molecule has 94 valence electrons. The van der Waals surface area contributed by atoms with Crippen LogP contribution in [0, 0.1) is 0 Å². The molecule has 1 N–H and O–H groups in total. The van der Waals surface area contributed by atoms with Gasteiger partial charge in [-0.25, -0.2) is 0 Å². The quantitative estimate of drug-likeness (QED) is 0.888. The van der Waals surface area contributed by atoms with Gasteiger partial charge >= 0.3 is 0 Å². The van der Waals surface area contributed by atoms with Gasteiger partial charge in [0.25, 0.3) is 0 Å². The van der Waals surface area contributed by atoms with Gasteiger partial charge in [0, 0.05) is 22.3 Å². The van der Waals surface area contributed by atoms with E-state index in [1.165, 1.54) is 15.3 Å². The van der Waals surface area contributed by atoms with E-state index in [-0.39, 0.29) is 0 Å². The third kappa shape index (κ3) is 3.95. The first-order valence-corrected chi connectivity index (χ1v) is 7.16. The van der Waals surface area contributed by atoms with Crippen LogP contribution in [0.15, 0.2) is 17.7 Å². The second kappa shape index (κ2) is 6.34. The predicted octanol–water partition coefficient (Wildman–Crippen LogP) is 3.09. The molecule has 1 unspecified atom stereocenters. The van der Waals surface area contributed by atoms with E-state index in [1.807, 2.05) is 11.3 Å². The summed E-state index contributed by atoms with van der Waals surface area (Å²) in [6, 6.07) is 4.94. The van der Waals surface area contributed by atoms with Gasteiger partial charge in [-0.1, -0.05) is 12.5 Å². The molecule has 17 heavy (non-hydrogen) atoms. The van der Waals surface area contributed by atoms with Crippen LogP contribution in [0.5, 0.6) is 0 Å². The zero-order valence-electron chi connectivity index (χ0n) is 10.7. The Morgan fingerprint density at radius 2 is 2.47 bits per heavy atom. The standard InChI is InChI=1S/C14H21NOS/c1-3-13-4-5-14(17-13)9-11(2)8-12-10-16-7-6-15-12/h4-5,9,12,15H,3,6-8,10H2,1-2H3/b11-9-. The van der Waals surface area contributed by atoms with Gasteiger partial charge in [0.05, 0.1) is 13.2 Å². The van der Waals surface area contributed by atoms with Gasteiger partial charge in [-0.3, -0.25) is 0 Å². The van der Waals surface area contributed by atoms with Crippen molar-refractivity contribution < 1.29 is 4.74 Å². The fourth-order valence-electron chi connectivity index (χ4n) is 2.10. The van der Waals surface area contributed by atoms with E-state index in [9.17, 15) is 0 Å². The molecular formula is C14H21NOS. The third-order valence-electron chi connectivity index (χ3n) is 2.99. The van der Waals surface area contributed by atoms with Crippen LogP contribution in [0.1, 0.15) is 30.0 Å². The molecule has 0 spiro atoms. The van der Waals surface area contributed by atoms with Crippen LogP contribution in [-0.4, -0.2) is 25.8 Å². The van der Waals surface area contributed by atoms with Gasteiger partial charge in [-0.15, -0.1) is 11.3 Å². The lowest BCUT2D eigenvalue weighted by Gasteiger charge is -2.23. The predicted molar refractivity (Wildman–Crippen MR) is 74.6 cm³/mol. The summed E-state index contributed by atoms with van der Waals surface area (Å²) in [7, 11) is 0. The van der Waals surface area contributed by atoms with Crippen molar-refractivity contribution >= 4 is 17.4 Å². The Morgan fingerprint density at radius 1 is 1.59 bits per heavy atom. The summed E-state index contributed by atoms with van der Waals surface area (Å²) in [4.78, 5) is 2.83. The largest absolute Gasteiger partial charge is 0.379 e. The molecule has 0 aromatic carbocycles. The lowest BCUT2D eigenvalue weighted by Crippen LogP contribution is -2.41. The summed E-state index contributed by atoms with van der Waals surface area (Å²) < 4.78 is 5.47. The van der Waals surface area contributed by atoms with E-state index < -0.39 is 0 Å². The molecule has 2 nitrogen and oxygen atoms in total. The molecule has 1 aromatic rings. The maximum absolute atomic E-state index is 5.47. The van der Waals surface area contributed by atoms with Crippen LogP contribution in [-0.2, 0) is 11.2 Å². The minimum absolute atomic E-state index is 0.491. The molecule has 2 heterocycles. The van der Waals surface area contributed by atoms with Crippen molar-refractivity contribution in [2.45, 2.75) is 32.7 Å². The molecule has 1 aliphatic heterocycles. The summed E-state index contributed by atoms with van der Waals surface area (Å²) in [5, 5.41) is 3.49. The molecule has 2 rings (SSSR count). The zero-order valence-corrected chi connectivity index (χ0v) is 11.5.